The molecule has 0 bridgehead atoms. The summed E-state index contributed by atoms with van der Waals surface area (Å²) < 4.78 is 2.28. The number of rotatable bonds is 3. The second kappa shape index (κ2) is 6.92. The van der Waals surface area contributed by atoms with E-state index < -0.39 is 0 Å². The van der Waals surface area contributed by atoms with E-state index >= 15 is 0 Å². The van der Waals surface area contributed by atoms with Crippen molar-refractivity contribution in [2.24, 2.45) is 5.18 Å². The monoisotopic (exact) mass is 398 g/mol. The molecule has 0 aliphatic carbocycles. The number of fused-ring (bicyclic) bond motifs is 5. The molecular formula is C28H18N2O. The molecule has 3 nitrogen and oxygen atoms in total. The van der Waals surface area contributed by atoms with Crippen molar-refractivity contribution >= 4 is 38.3 Å². The molecule has 3 heteroatoms. The van der Waals surface area contributed by atoms with Crippen LogP contribution in [-0.2, 0) is 0 Å². The summed E-state index contributed by atoms with van der Waals surface area (Å²) >= 11 is 0. The van der Waals surface area contributed by atoms with E-state index in [9.17, 15) is 4.91 Å². The van der Waals surface area contributed by atoms with Gasteiger partial charge in [-0.2, -0.15) is 0 Å². The summed E-state index contributed by atoms with van der Waals surface area (Å²) in [5.41, 5.74) is 5.55. The van der Waals surface area contributed by atoms with Crippen LogP contribution in [0.5, 0.6) is 0 Å². The Morgan fingerprint density at radius 2 is 1.35 bits per heavy atom. The fourth-order valence-corrected chi connectivity index (χ4v) is 4.61. The van der Waals surface area contributed by atoms with Crippen LogP contribution in [0.25, 0.3) is 49.4 Å². The largest absolute Gasteiger partial charge is 0.309 e. The molecule has 0 fully saturated rings. The van der Waals surface area contributed by atoms with Gasteiger partial charge in [-0.15, -0.1) is 4.91 Å². The zero-order valence-electron chi connectivity index (χ0n) is 16.7. The number of aromatic nitrogens is 1. The summed E-state index contributed by atoms with van der Waals surface area (Å²) in [5, 5.41) is 8.20. The van der Waals surface area contributed by atoms with Crippen LogP contribution in [0.2, 0.25) is 0 Å². The van der Waals surface area contributed by atoms with Crippen LogP contribution in [0.15, 0.2) is 114 Å². The van der Waals surface area contributed by atoms with Crippen molar-refractivity contribution in [1.82, 2.24) is 4.57 Å². The van der Waals surface area contributed by atoms with Gasteiger partial charge in [-0.25, -0.2) is 0 Å². The molecule has 0 saturated carbocycles. The minimum atomic E-state index is 0.446. The Bertz CT molecular complexity index is 1600. The summed E-state index contributed by atoms with van der Waals surface area (Å²) in [7, 11) is 0. The summed E-state index contributed by atoms with van der Waals surface area (Å²) in [6, 6.07) is 37.1. The molecule has 0 atom stereocenters. The topological polar surface area (TPSA) is 34.4 Å². The summed E-state index contributed by atoms with van der Waals surface area (Å²) in [6.07, 6.45) is 0. The molecule has 0 unspecified atom stereocenters. The van der Waals surface area contributed by atoms with Gasteiger partial charge in [-0.05, 0) is 51.8 Å². The zero-order chi connectivity index (χ0) is 20.8. The number of benzene rings is 5. The first kappa shape index (κ1) is 17.6. The van der Waals surface area contributed by atoms with Crippen molar-refractivity contribution in [3.63, 3.8) is 0 Å². The Morgan fingerprint density at radius 1 is 0.613 bits per heavy atom. The third kappa shape index (κ3) is 2.67. The van der Waals surface area contributed by atoms with Crippen LogP contribution >= 0.6 is 0 Å². The Morgan fingerprint density at radius 3 is 2.19 bits per heavy atom. The highest BCUT2D eigenvalue weighted by molar-refractivity contribution is 6.21. The fraction of sp³-hybridized carbons (Fsp3) is 0. The van der Waals surface area contributed by atoms with Gasteiger partial charge in [0.2, 0.25) is 0 Å². The first-order valence-corrected chi connectivity index (χ1v) is 10.3. The maximum atomic E-state index is 11.5. The Balaban J connectivity index is 1.72. The second-order valence-electron chi connectivity index (χ2n) is 7.69. The van der Waals surface area contributed by atoms with E-state index in [0.717, 1.165) is 27.8 Å². The highest BCUT2D eigenvalue weighted by Crippen LogP contribution is 2.39. The normalized spacial score (nSPS) is 11.4. The van der Waals surface area contributed by atoms with Crippen molar-refractivity contribution in [2.75, 3.05) is 0 Å². The molecule has 31 heavy (non-hydrogen) atoms. The maximum absolute atomic E-state index is 11.5. The number of hydrogen-bond acceptors (Lipinski definition) is 2. The molecule has 1 aromatic heterocycles. The number of nitroso groups, excluding NO2 is 1. The van der Waals surface area contributed by atoms with Gasteiger partial charge in [0.05, 0.1) is 11.0 Å². The molecular weight excluding hydrogens is 380 g/mol. The van der Waals surface area contributed by atoms with Gasteiger partial charge >= 0.3 is 0 Å². The molecule has 5 aromatic carbocycles. The molecule has 6 rings (SSSR count). The third-order valence-electron chi connectivity index (χ3n) is 5.98. The lowest BCUT2D eigenvalue weighted by Crippen LogP contribution is -1.94. The lowest BCUT2D eigenvalue weighted by atomic mass is 10.0. The van der Waals surface area contributed by atoms with Gasteiger partial charge < -0.3 is 4.57 Å². The highest BCUT2D eigenvalue weighted by Gasteiger charge is 2.16. The van der Waals surface area contributed by atoms with Crippen molar-refractivity contribution in [2.45, 2.75) is 0 Å². The molecule has 0 saturated heterocycles. The first-order chi connectivity index (χ1) is 15.3. The number of nitrogens with zero attached hydrogens (tertiary/aromatic N) is 2. The van der Waals surface area contributed by atoms with Crippen molar-refractivity contribution in [1.29, 1.82) is 0 Å². The van der Waals surface area contributed by atoms with E-state index in [1.165, 1.54) is 21.5 Å². The molecule has 0 spiro atoms. The van der Waals surface area contributed by atoms with Gasteiger partial charge in [0.25, 0.3) is 0 Å². The Hall–Kier alpha value is -4.24. The zero-order valence-corrected chi connectivity index (χ0v) is 16.7. The third-order valence-corrected chi connectivity index (χ3v) is 5.98. The van der Waals surface area contributed by atoms with E-state index in [1.807, 2.05) is 42.5 Å². The highest BCUT2D eigenvalue weighted by atomic mass is 16.3. The van der Waals surface area contributed by atoms with Crippen LogP contribution in [0.4, 0.5) is 5.69 Å². The van der Waals surface area contributed by atoms with Gasteiger partial charge in [-0.1, -0.05) is 78.9 Å². The minimum absolute atomic E-state index is 0.446. The fourth-order valence-electron chi connectivity index (χ4n) is 4.61. The number of para-hydroxylation sites is 1. The van der Waals surface area contributed by atoms with Crippen molar-refractivity contribution in [3.8, 4) is 16.8 Å². The quantitative estimate of drug-likeness (QED) is 0.278. The van der Waals surface area contributed by atoms with E-state index in [2.05, 4.69) is 76.5 Å². The van der Waals surface area contributed by atoms with Gasteiger partial charge in [0.1, 0.15) is 5.69 Å². The first-order valence-electron chi connectivity index (χ1n) is 10.3. The molecule has 0 aliphatic rings. The van der Waals surface area contributed by atoms with Crippen molar-refractivity contribution < 1.29 is 0 Å². The molecule has 6 aromatic rings. The Labute approximate surface area is 179 Å². The Kier molecular flexibility index (Phi) is 3.93. The lowest BCUT2D eigenvalue weighted by molar-refractivity contribution is 1.18. The van der Waals surface area contributed by atoms with E-state index in [0.29, 0.717) is 5.69 Å². The van der Waals surface area contributed by atoms with Crippen LogP contribution < -0.4 is 0 Å². The molecule has 0 N–H and O–H groups in total. The number of hydrogen-bond donors (Lipinski definition) is 0. The van der Waals surface area contributed by atoms with Crippen LogP contribution in [0, 0.1) is 4.91 Å². The standard InChI is InChI=1S/C28H18N2O/c31-29-25-16-15-21(18-24(25)19-8-2-1-3-9-19)30-26-13-7-6-12-23(26)28-22-11-5-4-10-20(22)14-17-27(28)30/h1-18H. The maximum Gasteiger partial charge on any atom is 0.115 e. The second-order valence-corrected chi connectivity index (χ2v) is 7.69. The molecule has 1 heterocycles. The van der Waals surface area contributed by atoms with E-state index in [1.54, 1.807) is 0 Å². The van der Waals surface area contributed by atoms with Gasteiger partial charge in [0.15, 0.2) is 0 Å². The van der Waals surface area contributed by atoms with Crippen LogP contribution in [0.3, 0.4) is 0 Å². The van der Waals surface area contributed by atoms with Crippen LogP contribution in [-0.4, -0.2) is 4.57 Å². The van der Waals surface area contributed by atoms with E-state index in [-0.39, 0.29) is 0 Å². The predicted molar refractivity (Wildman–Crippen MR) is 129 cm³/mol. The molecule has 146 valence electrons. The van der Waals surface area contributed by atoms with Gasteiger partial charge in [-0.3, -0.25) is 0 Å². The van der Waals surface area contributed by atoms with Gasteiger partial charge in [0, 0.05) is 22.0 Å². The molecule has 0 aliphatic heterocycles. The van der Waals surface area contributed by atoms with Crippen molar-refractivity contribution in [3.05, 3.63) is 114 Å². The summed E-state index contributed by atoms with van der Waals surface area (Å²) in [4.78, 5) is 11.5. The van der Waals surface area contributed by atoms with E-state index in [4.69, 9.17) is 0 Å². The smallest absolute Gasteiger partial charge is 0.115 e. The van der Waals surface area contributed by atoms with Crippen LogP contribution in [0.1, 0.15) is 0 Å². The molecule has 0 radical (unpaired) electrons. The summed E-state index contributed by atoms with van der Waals surface area (Å²) in [5.74, 6) is 0. The average Bonchev–Trinajstić information content (AvgIpc) is 3.19. The SMILES string of the molecule is O=Nc1ccc(-n2c3ccccc3c3c4ccccc4ccc32)cc1-c1ccccc1. The summed E-state index contributed by atoms with van der Waals surface area (Å²) in [6.45, 7) is 0. The predicted octanol–water partition coefficient (Wildman–Crippen LogP) is 8.00. The molecule has 0 amide bonds. The average molecular weight is 398 g/mol. The minimum Gasteiger partial charge on any atom is -0.309 e. The lowest BCUT2D eigenvalue weighted by Gasteiger charge is -2.12.